The minimum Gasteiger partial charge on any atom is -0.478 e. The second kappa shape index (κ2) is 8.94. The molecule has 1 saturated heterocycles. The second-order valence-corrected chi connectivity index (χ2v) is 5.99. The number of benzene rings is 1. The largest absolute Gasteiger partial charge is 0.478 e. The third-order valence-corrected chi connectivity index (χ3v) is 4.04. The average molecular weight is 341 g/mol. The Hall–Kier alpha value is -2.73. The summed E-state index contributed by atoms with van der Waals surface area (Å²) in [7, 11) is 2.19. The van der Waals surface area contributed by atoms with Crippen LogP contribution in [0.4, 0.5) is 5.69 Å². The zero-order valence-electron chi connectivity index (χ0n) is 14.5. The number of aromatic nitrogens is 1. The number of aromatic carboxylic acids is 1. The molecule has 1 amide bonds. The molecule has 6 nitrogen and oxygen atoms in total. The summed E-state index contributed by atoms with van der Waals surface area (Å²) in [6.45, 7) is 2.62. The van der Waals surface area contributed by atoms with E-state index in [9.17, 15) is 9.59 Å². The summed E-state index contributed by atoms with van der Waals surface area (Å²) < 4.78 is 0. The molecule has 6 heteroatoms. The SMILES string of the molecule is CC(=O)Nc1ccc(C(=O)O)cc1.CN1CCCC1c1cccnc1. The molecule has 1 aliphatic rings. The predicted molar refractivity (Wildman–Crippen MR) is 96.5 cm³/mol. The number of rotatable bonds is 3. The number of nitrogens with zero attached hydrogens (tertiary/aromatic N) is 2. The number of pyridine rings is 1. The van der Waals surface area contributed by atoms with Crippen molar-refractivity contribution >= 4 is 17.6 Å². The van der Waals surface area contributed by atoms with Crippen LogP contribution in [0, 0.1) is 0 Å². The number of hydrogen-bond donors (Lipinski definition) is 2. The van der Waals surface area contributed by atoms with E-state index in [2.05, 4.69) is 28.3 Å². The van der Waals surface area contributed by atoms with Gasteiger partial charge in [0.2, 0.25) is 5.91 Å². The van der Waals surface area contributed by atoms with Gasteiger partial charge in [0.05, 0.1) is 5.56 Å². The van der Waals surface area contributed by atoms with Crippen molar-refractivity contribution in [2.45, 2.75) is 25.8 Å². The maximum absolute atomic E-state index is 10.6. The molecular weight excluding hydrogens is 318 g/mol. The summed E-state index contributed by atoms with van der Waals surface area (Å²) in [5, 5.41) is 11.1. The lowest BCUT2D eigenvalue weighted by Crippen LogP contribution is -2.17. The van der Waals surface area contributed by atoms with Crippen LogP contribution in [-0.4, -0.2) is 40.5 Å². The van der Waals surface area contributed by atoms with Crippen LogP contribution in [0.15, 0.2) is 48.8 Å². The standard InChI is InChI=1S/C10H14N2.C9H9NO3/c1-12-7-3-5-10(12)9-4-2-6-11-8-9;1-6(11)10-8-4-2-7(3-5-8)9(12)13/h2,4,6,8,10H,3,5,7H2,1H3;2-5H,1H3,(H,10,11)(H,12,13). The molecule has 132 valence electrons. The molecule has 0 bridgehead atoms. The van der Waals surface area contributed by atoms with Crippen molar-refractivity contribution in [1.29, 1.82) is 0 Å². The normalized spacial score (nSPS) is 16.6. The van der Waals surface area contributed by atoms with Crippen molar-refractivity contribution in [3.8, 4) is 0 Å². The van der Waals surface area contributed by atoms with Crippen molar-refractivity contribution in [3.05, 3.63) is 59.9 Å². The highest BCUT2D eigenvalue weighted by Gasteiger charge is 2.21. The van der Waals surface area contributed by atoms with E-state index in [-0.39, 0.29) is 11.5 Å². The molecule has 0 aliphatic carbocycles. The topological polar surface area (TPSA) is 82.5 Å². The molecule has 2 aromatic rings. The predicted octanol–water partition coefficient (Wildman–Crippen LogP) is 3.19. The van der Waals surface area contributed by atoms with Gasteiger partial charge >= 0.3 is 5.97 Å². The highest BCUT2D eigenvalue weighted by Crippen LogP contribution is 2.29. The van der Waals surface area contributed by atoms with E-state index < -0.39 is 5.97 Å². The van der Waals surface area contributed by atoms with Gasteiger partial charge in [0.1, 0.15) is 0 Å². The monoisotopic (exact) mass is 341 g/mol. The van der Waals surface area contributed by atoms with Gasteiger partial charge in [0.25, 0.3) is 0 Å². The first kappa shape index (κ1) is 18.6. The Bertz CT molecular complexity index is 702. The molecule has 1 atom stereocenters. The molecule has 1 aromatic carbocycles. The van der Waals surface area contributed by atoms with Crippen LogP contribution in [0.3, 0.4) is 0 Å². The third kappa shape index (κ3) is 5.69. The van der Waals surface area contributed by atoms with Crippen LogP contribution in [0.5, 0.6) is 0 Å². The first-order chi connectivity index (χ1) is 12.0. The molecule has 1 fully saturated rings. The fourth-order valence-corrected chi connectivity index (χ4v) is 2.80. The number of likely N-dealkylation sites (tertiary alicyclic amines) is 1. The molecule has 1 aromatic heterocycles. The Balaban J connectivity index is 0.000000181. The van der Waals surface area contributed by atoms with Crippen LogP contribution in [0.1, 0.15) is 41.7 Å². The van der Waals surface area contributed by atoms with E-state index in [0.29, 0.717) is 11.7 Å². The lowest BCUT2D eigenvalue weighted by atomic mass is 10.1. The second-order valence-electron chi connectivity index (χ2n) is 5.99. The fourth-order valence-electron chi connectivity index (χ4n) is 2.80. The summed E-state index contributed by atoms with van der Waals surface area (Å²) in [4.78, 5) is 27.6. The van der Waals surface area contributed by atoms with E-state index in [1.54, 1.807) is 12.1 Å². The Kier molecular flexibility index (Phi) is 6.65. The van der Waals surface area contributed by atoms with E-state index in [0.717, 1.165) is 0 Å². The number of anilines is 1. The zero-order chi connectivity index (χ0) is 18.2. The number of carbonyl (C=O) groups excluding carboxylic acids is 1. The maximum Gasteiger partial charge on any atom is 0.335 e. The zero-order valence-corrected chi connectivity index (χ0v) is 14.5. The van der Waals surface area contributed by atoms with Crippen molar-refractivity contribution < 1.29 is 14.7 Å². The van der Waals surface area contributed by atoms with Crippen molar-refractivity contribution in [2.75, 3.05) is 18.9 Å². The molecule has 1 aliphatic heterocycles. The number of nitrogens with one attached hydrogen (secondary N) is 1. The van der Waals surface area contributed by atoms with E-state index in [4.69, 9.17) is 5.11 Å². The van der Waals surface area contributed by atoms with Gasteiger partial charge in [-0.05, 0) is 62.3 Å². The third-order valence-electron chi connectivity index (χ3n) is 4.04. The number of carboxylic acids is 1. The van der Waals surface area contributed by atoms with Crippen molar-refractivity contribution in [3.63, 3.8) is 0 Å². The molecule has 25 heavy (non-hydrogen) atoms. The molecule has 2 heterocycles. The van der Waals surface area contributed by atoms with E-state index >= 15 is 0 Å². The molecule has 0 saturated carbocycles. The van der Waals surface area contributed by atoms with Gasteiger partial charge in [-0.2, -0.15) is 0 Å². The van der Waals surface area contributed by atoms with Gasteiger partial charge in [-0.25, -0.2) is 4.79 Å². The number of carbonyl (C=O) groups is 2. The minimum atomic E-state index is -0.977. The Labute approximate surface area is 147 Å². The molecule has 0 spiro atoms. The lowest BCUT2D eigenvalue weighted by molar-refractivity contribution is -0.114. The number of amides is 1. The average Bonchev–Trinajstić information content (AvgIpc) is 3.02. The highest BCUT2D eigenvalue weighted by atomic mass is 16.4. The Morgan fingerprint density at radius 3 is 2.44 bits per heavy atom. The summed E-state index contributed by atoms with van der Waals surface area (Å²) in [5.41, 5.74) is 2.16. The number of carboxylic acid groups (broad SMARTS) is 1. The van der Waals surface area contributed by atoms with Gasteiger partial charge in [-0.15, -0.1) is 0 Å². The van der Waals surface area contributed by atoms with Crippen LogP contribution in [0.2, 0.25) is 0 Å². The summed E-state index contributed by atoms with van der Waals surface area (Å²) in [6, 6.07) is 10.8. The number of hydrogen-bond acceptors (Lipinski definition) is 4. The van der Waals surface area contributed by atoms with Crippen LogP contribution >= 0.6 is 0 Å². The quantitative estimate of drug-likeness (QED) is 0.896. The van der Waals surface area contributed by atoms with Crippen LogP contribution in [0.25, 0.3) is 0 Å². The Morgan fingerprint density at radius 2 is 1.96 bits per heavy atom. The highest BCUT2D eigenvalue weighted by molar-refractivity contribution is 5.91. The van der Waals surface area contributed by atoms with Gasteiger partial charge in [0.15, 0.2) is 0 Å². The van der Waals surface area contributed by atoms with Gasteiger partial charge in [-0.3, -0.25) is 14.7 Å². The van der Waals surface area contributed by atoms with E-state index in [1.807, 2.05) is 18.5 Å². The summed E-state index contributed by atoms with van der Waals surface area (Å²) >= 11 is 0. The van der Waals surface area contributed by atoms with Gasteiger partial charge in [-0.1, -0.05) is 6.07 Å². The fraction of sp³-hybridized carbons (Fsp3) is 0.316. The molecule has 3 rings (SSSR count). The van der Waals surface area contributed by atoms with Crippen molar-refractivity contribution in [2.24, 2.45) is 0 Å². The van der Waals surface area contributed by atoms with Gasteiger partial charge < -0.3 is 10.4 Å². The summed E-state index contributed by atoms with van der Waals surface area (Å²) in [5.74, 6) is -1.16. The maximum atomic E-state index is 10.6. The smallest absolute Gasteiger partial charge is 0.335 e. The van der Waals surface area contributed by atoms with Crippen LogP contribution < -0.4 is 5.32 Å². The van der Waals surface area contributed by atoms with Crippen LogP contribution in [-0.2, 0) is 4.79 Å². The first-order valence-electron chi connectivity index (χ1n) is 8.18. The summed E-state index contributed by atoms with van der Waals surface area (Å²) in [6.07, 6.45) is 6.41. The van der Waals surface area contributed by atoms with Crippen molar-refractivity contribution in [1.82, 2.24) is 9.88 Å². The Morgan fingerprint density at radius 1 is 1.24 bits per heavy atom. The minimum absolute atomic E-state index is 0.178. The van der Waals surface area contributed by atoms with Gasteiger partial charge in [0, 0.05) is 31.0 Å². The first-order valence-corrected chi connectivity index (χ1v) is 8.18. The van der Waals surface area contributed by atoms with E-state index in [1.165, 1.54) is 44.0 Å². The lowest BCUT2D eigenvalue weighted by Gasteiger charge is -2.18. The molecular formula is C19H23N3O3. The molecule has 2 N–H and O–H groups in total. The molecule has 1 unspecified atom stereocenters. The molecule has 0 radical (unpaired) electrons.